The number of fused-ring (bicyclic) bond motifs is 2. The van der Waals surface area contributed by atoms with Crippen LogP contribution in [0.25, 0.3) is 0 Å². The maximum absolute atomic E-state index is 10.0. The fraction of sp³-hybridized carbons (Fsp3) is 0.857. The molecule has 0 aromatic rings. The standard InChI is InChI=1S/C14H24N2O2/c17-13(9-16-5-3-15-4-6-16)10-18-14-8-11-1-2-12(14)7-11/h1-2,11-15,17H,3-10H2. The summed E-state index contributed by atoms with van der Waals surface area (Å²) in [6, 6.07) is 0. The smallest absolute Gasteiger partial charge is 0.0900 e. The van der Waals surface area contributed by atoms with Crippen molar-refractivity contribution < 1.29 is 9.84 Å². The van der Waals surface area contributed by atoms with Gasteiger partial charge in [-0.25, -0.2) is 0 Å². The van der Waals surface area contributed by atoms with Crippen molar-refractivity contribution in [1.82, 2.24) is 10.2 Å². The molecule has 3 rings (SSSR count). The van der Waals surface area contributed by atoms with Gasteiger partial charge >= 0.3 is 0 Å². The number of hydrogen-bond acceptors (Lipinski definition) is 4. The van der Waals surface area contributed by atoms with Crippen molar-refractivity contribution in [3.8, 4) is 0 Å². The van der Waals surface area contributed by atoms with Crippen molar-refractivity contribution in [1.29, 1.82) is 0 Å². The summed E-state index contributed by atoms with van der Waals surface area (Å²) in [5.74, 6) is 1.35. The number of rotatable bonds is 5. The van der Waals surface area contributed by atoms with Crippen LogP contribution in [0.15, 0.2) is 12.2 Å². The molecule has 4 nitrogen and oxygen atoms in total. The first-order valence-corrected chi connectivity index (χ1v) is 7.22. The summed E-state index contributed by atoms with van der Waals surface area (Å²) in [6.07, 6.45) is 7.05. The number of β-amino-alcohol motifs (C(OH)–C–C–N with tert-alkyl or cyclic N) is 1. The van der Waals surface area contributed by atoms with Crippen molar-refractivity contribution in [2.24, 2.45) is 11.8 Å². The fourth-order valence-corrected chi connectivity index (χ4v) is 3.40. The van der Waals surface area contributed by atoms with E-state index in [9.17, 15) is 5.11 Å². The second-order valence-corrected chi connectivity index (χ2v) is 5.86. The SMILES string of the molecule is OC(COC1CC2C=CC1C2)CN1CCNCC1. The van der Waals surface area contributed by atoms with Gasteiger partial charge in [0.05, 0.1) is 18.8 Å². The zero-order valence-corrected chi connectivity index (χ0v) is 10.9. The lowest BCUT2D eigenvalue weighted by Crippen LogP contribution is -2.47. The zero-order valence-electron chi connectivity index (χ0n) is 10.9. The third-order valence-corrected chi connectivity index (χ3v) is 4.40. The predicted molar refractivity (Wildman–Crippen MR) is 70.4 cm³/mol. The van der Waals surface area contributed by atoms with Crippen LogP contribution in [0.1, 0.15) is 12.8 Å². The van der Waals surface area contributed by atoms with Gasteiger partial charge in [0.2, 0.25) is 0 Å². The van der Waals surface area contributed by atoms with Crippen LogP contribution < -0.4 is 5.32 Å². The highest BCUT2D eigenvalue weighted by Crippen LogP contribution is 2.40. The summed E-state index contributed by atoms with van der Waals surface area (Å²) in [5, 5.41) is 13.3. The topological polar surface area (TPSA) is 44.7 Å². The van der Waals surface area contributed by atoms with Gasteiger partial charge in [0.1, 0.15) is 0 Å². The summed E-state index contributed by atoms with van der Waals surface area (Å²) in [7, 11) is 0. The Morgan fingerprint density at radius 3 is 2.78 bits per heavy atom. The molecule has 102 valence electrons. The molecule has 1 heterocycles. The van der Waals surface area contributed by atoms with E-state index in [2.05, 4.69) is 22.4 Å². The molecule has 1 saturated heterocycles. The molecule has 0 radical (unpaired) electrons. The van der Waals surface area contributed by atoms with E-state index < -0.39 is 0 Å². The van der Waals surface area contributed by atoms with Gasteiger partial charge in [0.15, 0.2) is 0 Å². The summed E-state index contributed by atoms with van der Waals surface area (Å²) < 4.78 is 5.90. The van der Waals surface area contributed by atoms with E-state index in [-0.39, 0.29) is 6.10 Å². The Labute approximate surface area is 109 Å². The van der Waals surface area contributed by atoms with Gasteiger partial charge in [-0.15, -0.1) is 0 Å². The molecule has 4 unspecified atom stereocenters. The van der Waals surface area contributed by atoms with Gasteiger partial charge in [0.25, 0.3) is 0 Å². The molecule has 0 aromatic heterocycles. The van der Waals surface area contributed by atoms with Crippen LogP contribution in [-0.4, -0.2) is 61.5 Å². The summed E-state index contributed by atoms with van der Waals surface area (Å²) in [4.78, 5) is 2.31. The number of ether oxygens (including phenoxy) is 1. The Bertz CT molecular complexity index is 302. The van der Waals surface area contributed by atoms with Gasteiger partial charge in [-0.2, -0.15) is 0 Å². The first-order chi connectivity index (χ1) is 8.81. The Hall–Kier alpha value is -0.420. The zero-order chi connectivity index (χ0) is 12.4. The predicted octanol–water partition coefficient (Wildman–Crippen LogP) is 0.234. The minimum Gasteiger partial charge on any atom is -0.389 e. The van der Waals surface area contributed by atoms with Crippen LogP contribution in [0.2, 0.25) is 0 Å². The molecule has 4 atom stereocenters. The molecule has 4 heteroatoms. The van der Waals surface area contributed by atoms with E-state index in [1.807, 2.05) is 0 Å². The quantitative estimate of drug-likeness (QED) is 0.688. The molecule has 0 amide bonds. The van der Waals surface area contributed by atoms with Crippen LogP contribution in [-0.2, 0) is 4.74 Å². The number of hydrogen-bond donors (Lipinski definition) is 2. The highest BCUT2D eigenvalue weighted by molar-refractivity contribution is 5.11. The number of piperazine rings is 1. The van der Waals surface area contributed by atoms with E-state index >= 15 is 0 Å². The third-order valence-electron chi connectivity index (χ3n) is 4.40. The first kappa shape index (κ1) is 12.6. The molecule has 2 N–H and O–H groups in total. The van der Waals surface area contributed by atoms with E-state index in [0.717, 1.165) is 45.1 Å². The van der Waals surface area contributed by atoms with E-state index in [4.69, 9.17) is 4.74 Å². The van der Waals surface area contributed by atoms with Crippen LogP contribution >= 0.6 is 0 Å². The van der Waals surface area contributed by atoms with Gasteiger partial charge in [-0.05, 0) is 18.8 Å². The summed E-state index contributed by atoms with van der Waals surface area (Å²) >= 11 is 0. The summed E-state index contributed by atoms with van der Waals surface area (Å²) in [6.45, 7) is 5.38. The highest BCUT2D eigenvalue weighted by atomic mass is 16.5. The Balaban J connectivity index is 1.36. The molecule has 3 aliphatic rings. The van der Waals surface area contributed by atoms with Crippen molar-refractivity contribution in [2.75, 3.05) is 39.3 Å². The molecule has 1 aliphatic heterocycles. The van der Waals surface area contributed by atoms with Crippen LogP contribution in [0, 0.1) is 11.8 Å². The maximum Gasteiger partial charge on any atom is 0.0900 e. The minimum absolute atomic E-state index is 0.341. The van der Waals surface area contributed by atoms with E-state index in [1.165, 1.54) is 6.42 Å². The molecule has 2 bridgehead atoms. The van der Waals surface area contributed by atoms with Gasteiger partial charge in [0, 0.05) is 38.6 Å². The molecular weight excluding hydrogens is 228 g/mol. The Morgan fingerprint density at radius 2 is 2.11 bits per heavy atom. The molecule has 2 fully saturated rings. The molecular formula is C14H24N2O2. The molecule has 0 spiro atoms. The van der Waals surface area contributed by atoms with E-state index in [0.29, 0.717) is 18.6 Å². The van der Waals surface area contributed by atoms with Crippen LogP contribution in [0.5, 0.6) is 0 Å². The third kappa shape index (κ3) is 2.94. The maximum atomic E-state index is 10.0. The Morgan fingerprint density at radius 1 is 1.28 bits per heavy atom. The molecule has 0 aromatic carbocycles. The van der Waals surface area contributed by atoms with Crippen molar-refractivity contribution in [3.05, 3.63) is 12.2 Å². The van der Waals surface area contributed by atoms with Crippen molar-refractivity contribution in [3.63, 3.8) is 0 Å². The van der Waals surface area contributed by atoms with Gasteiger partial charge < -0.3 is 15.2 Å². The monoisotopic (exact) mass is 252 g/mol. The van der Waals surface area contributed by atoms with E-state index in [1.54, 1.807) is 0 Å². The minimum atomic E-state index is -0.341. The highest BCUT2D eigenvalue weighted by Gasteiger charge is 2.36. The first-order valence-electron chi connectivity index (χ1n) is 7.22. The summed E-state index contributed by atoms with van der Waals surface area (Å²) in [5.41, 5.74) is 0. The fourth-order valence-electron chi connectivity index (χ4n) is 3.40. The number of allylic oxidation sites excluding steroid dienone is 1. The molecule has 2 aliphatic carbocycles. The number of aliphatic hydroxyl groups excluding tert-OH is 1. The van der Waals surface area contributed by atoms with Crippen molar-refractivity contribution in [2.45, 2.75) is 25.0 Å². The lowest BCUT2D eigenvalue weighted by Gasteiger charge is -2.29. The van der Waals surface area contributed by atoms with Crippen LogP contribution in [0.3, 0.4) is 0 Å². The Kier molecular flexibility index (Phi) is 3.99. The normalized spacial score (nSPS) is 37.3. The second-order valence-electron chi connectivity index (χ2n) is 5.86. The van der Waals surface area contributed by atoms with Gasteiger partial charge in [-0.3, -0.25) is 4.90 Å². The average molecular weight is 252 g/mol. The number of nitrogens with zero attached hydrogens (tertiary/aromatic N) is 1. The lowest BCUT2D eigenvalue weighted by atomic mass is 10.0. The van der Waals surface area contributed by atoms with Gasteiger partial charge in [-0.1, -0.05) is 12.2 Å². The average Bonchev–Trinajstić information content (AvgIpc) is 3.00. The van der Waals surface area contributed by atoms with Crippen molar-refractivity contribution >= 4 is 0 Å². The number of nitrogens with one attached hydrogen (secondary N) is 1. The largest absolute Gasteiger partial charge is 0.389 e. The molecule has 18 heavy (non-hydrogen) atoms. The molecule has 1 saturated carbocycles. The van der Waals surface area contributed by atoms with Crippen LogP contribution in [0.4, 0.5) is 0 Å². The number of aliphatic hydroxyl groups is 1. The second kappa shape index (κ2) is 5.70. The lowest BCUT2D eigenvalue weighted by molar-refractivity contribution is -0.0306.